The minimum Gasteiger partial charge on any atom is -0.252 e. The van der Waals surface area contributed by atoms with Crippen molar-refractivity contribution in [3.8, 4) is 0 Å². The maximum absolute atomic E-state index is 5.20. The number of aliphatic imine (C=N–C) groups is 2. The molecule has 0 aromatic heterocycles. The third-order valence-electron chi connectivity index (χ3n) is 5.63. The summed E-state index contributed by atoms with van der Waals surface area (Å²) in [5, 5.41) is 0. The van der Waals surface area contributed by atoms with E-state index in [4.69, 9.17) is 9.98 Å². The smallest absolute Gasteiger partial charge is 0.0636 e. The number of nitrogens with zero attached hydrogens (tertiary/aromatic N) is 2. The van der Waals surface area contributed by atoms with Gasteiger partial charge in [-0.25, -0.2) is 0 Å². The number of rotatable bonds is 14. The van der Waals surface area contributed by atoms with Gasteiger partial charge in [0.1, 0.15) is 0 Å². The molecule has 0 heterocycles. The van der Waals surface area contributed by atoms with Crippen LogP contribution in [0, 0.1) is 0 Å². The minimum atomic E-state index is 0.994. The largest absolute Gasteiger partial charge is 0.252 e. The molecule has 0 atom stereocenters. The van der Waals surface area contributed by atoms with Crippen molar-refractivity contribution in [2.24, 2.45) is 9.98 Å². The van der Waals surface area contributed by atoms with E-state index in [1.165, 1.54) is 61.1 Å². The lowest BCUT2D eigenvalue weighted by molar-refractivity contribution is 0.742. The summed E-state index contributed by atoms with van der Waals surface area (Å²) in [6.07, 6.45) is 12.6. The SMILES string of the molecule is CCCCCC(=Nc1ccccc1)C(CCCC)=Nc1ccc(CCC)c(CCC)c1. The topological polar surface area (TPSA) is 24.7 Å². The summed E-state index contributed by atoms with van der Waals surface area (Å²) in [5.74, 6) is 0. The van der Waals surface area contributed by atoms with Gasteiger partial charge in [-0.05, 0) is 73.9 Å². The van der Waals surface area contributed by atoms with Crippen molar-refractivity contribution in [2.75, 3.05) is 0 Å². The van der Waals surface area contributed by atoms with Crippen LogP contribution in [0.2, 0.25) is 0 Å². The van der Waals surface area contributed by atoms with Gasteiger partial charge in [0.25, 0.3) is 0 Å². The molecule has 0 N–H and O–H groups in total. The van der Waals surface area contributed by atoms with E-state index in [-0.39, 0.29) is 0 Å². The highest BCUT2D eigenvalue weighted by atomic mass is 14.8. The van der Waals surface area contributed by atoms with Crippen molar-refractivity contribution in [1.82, 2.24) is 0 Å². The maximum Gasteiger partial charge on any atom is 0.0636 e. The van der Waals surface area contributed by atoms with Gasteiger partial charge in [-0.2, -0.15) is 0 Å². The first kappa shape index (κ1) is 25.0. The molecular formula is C29H42N2. The number of benzene rings is 2. The van der Waals surface area contributed by atoms with E-state index in [1.54, 1.807) is 0 Å². The summed E-state index contributed by atoms with van der Waals surface area (Å²) in [6.45, 7) is 9.03. The van der Waals surface area contributed by atoms with Gasteiger partial charge in [0.2, 0.25) is 0 Å². The van der Waals surface area contributed by atoms with Crippen LogP contribution >= 0.6 is 0 Å². The second-order valence-electron chi connectivity index (χ2n) is 8.47. The van der Waals surface area contributed by atoms with Gasteiger partial charge in [-0.3, -0.25) is 9.98 Å². The first-order valence-electron chi connectivity index (χ1n) is 12.5. The zero-order valence-corrected chi connectivity index (χ0v) is 20.3. The van der Waals surface area contributed by atoms with Crippen LogP contribution in [0.1, 0.15) is 96.6 Å². The summed E-state index contributed by atoms with van der Waals surface area (Å²) < 4.78 is 0. The van der Waals surface area contributed by atoms with Crippen molar-refractivity contribution >= 4 is 22.8 Å². The highest BCUT2D eigenvalue weighted by Gasteiger charge is 2.11. The number of aryl methyl sites for hydroxylation is 2. The lowest BCUT2D eigenvalue weighted by Crippen LogP contribution is -2.14. The van der Waals surface area contributed by atoms with Crippen LogP contribution in [-0.2, 0) is 12.8 Å². The zero-order chi connectivity index (χ0) is 22.3. The molecule has 0 saturated heterocycles. The van der Waals surface area contributed by atoms with Gasteiger partial charge in [-0.1, -0.05) is 84.1 Å². The maximum atomic E-state index is 5.20. The molecule has 0 aliphatic carbocycles. The van der Waals surface area contributed by atoms with Gasteiger partial charge in [0, 0.05) is 0 Å². The third kappa shape index (κ3) is 8.81. The summed E-state index contributed by atoms with van der Waals surface area (Å²) in [4.78, 5) is 10.3. The molecule has 2 aromatic rings. The predicted octanol–water partition coefficient (Wildman–Crippen LogP) is 9.21. The van der Waals surface area contributed by atoms with E-state index in [1.807, 2.05) is 0 Å². The van der Waals surface area contributed by atoms with E-state index in [0.717, 1.165) is 43.5 Å². The van der Waals surface area contributed by atoms with E-state index in [0.29, 0.717) is 0 Å². The summed E-state index contributed by atoms with van der Waals surface area (Å²) in [7, 11) is 0. The number of unbranched alkanes of at least 4 members (excludes halogenated alkanes) is 3. The van der Waals surface area contributed by atoms with E-state index >= 15 is 0 Å². The Morgan fingerprint density at radius 2 is 1.19 bits per heavy atom. The fourth-order valence-electron chi connectivity index (χ4n) is 3.93. The lowest BCUT2D eigenvalue weighted by atomic mass is 9.98. The molecule has 2 heteroatoms. The third-order valence-corrected chi connectivity index (χ3v) is 5.63. The normalized spacial score (nSPS) is 12.4. The molecule has 0 fully saturated rings. The molecule has 31 heavy (non-hydrogen) atoms. The summed E-state index contributed by atoms with van der Waals surface area (Å²) >= 11 is 0. The minimum absolute atomic E-state index is 0.994. The Morgan fingerprint density at radius 1 is 0.581 bits per heavy atom. The molecule has 2 rings (SSSR count). The molecule has 0 aliphatic rings. The van der Waals surface area contributed by atoms with Crippen LogP contribution in [-0.4, -0.2) is 11.4 Å². The first-order chi connectivity index (χ1) is 15.2. The van der Waals surface area contributed by atoms with Crippen molar-refractivity contribution in [1.29, 1.82) is 0 Å². The lowest BCUT2D eigenvalue weighted by Gasteiger charge is -2.13. The zero-order valence-electron chi connectivity index (χ0n) is 20.3. The molecular weight excluding hydrogens is 376 g/mol. The molecule has 0 unspecified atom stereocenters. The van der Waals surface area contributed by atoms with Crippen molar-refractivity contribution in [3.05, 3.63) is 59.7 Å². The van der Waals surface area contributed by atoms with Crippen LogP contribution in [0.3, 0.4) is 0 Å². The van der Waals surface area contributed by atoms with E-state index in [2.05, 4.69) is 76.2 Å². The molecule has 0 radical (unpaired) electrons. The fraction of sp³-hybridized carbons (Fsp3) is 0.517. The Bertz CT molecular complexity index is 818. The molecule has 2 nitrogen and oxygen atoms in total. The van der Waals surface area contributed by atoms with Gasteiger partial charge >= 0.3 is 0 Å². The van der Waals surface area contributed by atoms with Crippen molar-refractivity contribution in [3.63, 3.8) is 0 Å². The second kappa shape index (κ2) is 14.7. The van der Waals surface area contributed by atoms with Crippen LogP contribution in [0.25, 0.3) is 0 Å². The van der Waals surface area contributed by atoms with Crippen LogP contribution in [0.4, 0.5) is 11.4 Å². The van der Waals surface area contributed by atoms with E-state index < -0.39 is 0 Å². The van der Waals surface area contributed by atoms with Crippen LogP contribution < -0.4 is 0 Å². The highest BCUT2D eigenvalue weighted by Crippen LogP contribution is 2.23. The number of hydrogen-bond donors (Lipinski definition) is 0. The average Bonchev–Trinajstić information content (AvgIpc) is 2.79. The first-order valence-corrected chi connectivity index (χ1v) is 12.5. The monoisotopic (exact) mass is 418 g/mol. The Balaban J connectivity index is 2.44. The van der Waals surface area contributed by atoms with E-state index in [9.17, 15) is 0 Å². The molecule has 0 bridgehead atoms. The fourth-order valence-corrected chi connectivity index (χ4v) is 3.93. The second-order valence-corrected chi connectivity index (χ2v) is 8.47. The van der Waals surface area contributed by atoms with Crippen LogP contribution in [0.15, 0.2) is 58.5 Å². The predicted molar refractivity (Wildman–Crippen MR) is 139 cm³/mol. The van der Waals surface area contributed by atoms with Crippen molar-refractivity contribution < 1.29 is 0 Å². The molecule has 168 valence electrons. The van der Waals surface area contributed by atoms with Crippen molar-refractivity contribution in [2.45, 2.75) is 98.3 Å². The molecule has 0 saturated carbocycles. The number of para-hydroxylation sites is 1. The van der Waals surface area contributed by atoms with Gasteiger partial charge < -0.3 is 0 Å². The Morgan fingerprint density at radius 3 is 1.84 bits per heavy atom. The summed E-state index contributed by atoms with van der Waals surface area (Å²) in [5.41, 5.74) is 7.41. The Labute approximate surface area is 190 Å². The highest BCUT2D eigenvalue weighted by molar-refractivity contribution is 6.43. The van der Waals surface area contributed by atoms with Gasteiger partial charge in [0.05, 0.1) is 22.8 Å². The molecule has 2 aromatic carbocycles. The summed E-state index contributed by atoms with van der Waals surface area (Å²) in [6, 6.07) is 17.2. The Hall–Kier alpha value is -2.22. The van der Waals surface area contributed by atoms with Crippen LogP contribution in [0.5, 0.6) is 0 Å². The molecule has 0 spiro atoms. The number of hydrogen-bond acceptors (Lipinski definition) is 2. The average molecular weight is 419 g/mol. The Kier molecular flexibility index (Phi) is 11.9. The molecule has 0 amide bonds. The quantitative estimate of drug-likeness (QED) is 0.216. The standard InChI is InChI=1S/C29H42N2/c1-5-9-12-20-29(30-26-17-13-11-14-18-26)28(19-10-6-2)31-27-22-21-24(15-7-3)25(23-27)16-8-4/h11,13-14,17-18,21-23H,5-10,12,15-16,19-20H2,1-4H3. The van der Waals surface area contributed by atoms with Gasteiger partial charge in [-0.15, -0.1) is 0 Å². The van der Waals surface area contributed by atoms with Gasteiger partial charge in [0.15, 0.2) is 0 Å². The molecule has 0 aliphatic heterocycles.